The van der Waals surface area contributed by atoms with Crippen LogP contribution in [0, 0.1) is 17.8 Å². The van der Waals surface area contributed by atoms with Crippen LogP contribution in [0.15, 0.2) is 102 Å². The zero-order valence-corrected chi connectivity index (χ0v) is 23.9. The molecule has 43 heavy (non-hydrogen) atoms. The number of pyridine rings is 1. The number of aliphatic hydroxyl groups excluding tert-OH is 2. The van der Waals surface area contributed by atoms with E-state index in [0.29, 0.717) is 30.5 Å². The molecule has 0 radical (unpaired) electrons. The third kappa shape index (κ3) is 5.26. The summed E-state index contributed by atoms with van der Waals surface area (Å²) in [7, 11) is 0. The third-order valence-electron chi connectivity index (χ3n) is 8.84. The first-order valence-electron chi connectivity index (χ1n) is 14.6. The van der Waals surface area contributed by atoms with Crippen LogP contribution < -0.4 is 4.90 Å². The zero-order chi connectivity index (χ0) is 30.1. The molecule has 3 aromatic carbocycles. The minimum atomic E-state index is -0.921. The number of aromatic hydroxyl groups is 1. The quantitative estimate of drug-likeness (QED) is 0.182. The van der Waals surface area contributed by atoms with E-state index < -0.39 is 23.9 Å². The molecular formula is C36H34N2O5. The van der Waals surface area contributed by atoms with Gasteiger partial charge in [-0.2, -0.15) is 0 Å². The van der Waals surface area contributed by atoms with Crippen LogP contribution in [0.5, 0.6) is 5.75 Å². The fourth-order valence-electron chi connectivity index (χ4n) is 6.84. The van der Waals surface area contributed by atoms with Crippen LogP contribution in [0.4, 0.5) is 5.69 Å². The molecule has 1 saturated heterocycles. The Labute approximate surface area is 250 Å². The van der Waals surface area contributed by atoms with Crippen LogP contribution >= 0.6 is 0 Å². The van der Waals surface area contributed by atoms with Gasteiger partial charge in [-0.05, 0) is 84.7 Å². The Hall–Kier alpha value is -4.59. The van der Waals surface area contributed by atoms with Crippen LogP contribution in [0.2, 0.25) is 0 Å². The van der Waals surface area contributed by atoms with Gasteiger partial charge in [0.2, 0.25) is 11.8 Å². The lowest BCUT2D eigenvalue weighted by atomic mass is 9.68. The summed E-state index contributed by atoms with van der Waals surface area (Å²) >= 11 is 0. The van der Waals surface area contributed by atoms with Crippen molar-refractivity contribution in [2.45, 2.75) is 32.3 Å². The molecule has 1 fully saturated rings. The van der Waals surface area contributed by atoms with Gasteiger partial charge in [-0.1, -0.05) is 60.2 Å². The highest BCUT2D eigenvalue weighted by molar-refractivity contribution is 6.22. The monoisotopic (exact) mass is 574 g/mol. The van der Waals surface area contributed by atoms with Crippen LogP contribution in [0.25, 0.3) is 22.4 Å². The summed E-state index contributed by atoms with van der Waals surface area (Å²) in [5.74, 6) is -2.31. The first kappa shape index (κ1) is 28.5. The van der Waals surface area contributed by atoms with Crippen molar-refractivity contribution in [1.29, 1.82) is 0 Å². The Morgan fingerprint density at radius 3 is 2.40 bits per heavy atom. The lowest BCUT2D eigenvalue weighted by molar-refractivity contribution is -0.123. The number of anilines is 1. The molecule has 218 valence electrons. The summed E-state index contributed by atoms with van der Waals surface area (Å²) < 4.78 is 0. The van der Waals surface area contributed by atoms with Crippen molar-refractivity contribution in [3.05, 3.63) is 114 Å². The number of phenolic OH excluding ortho intramolecular Hbond substituents is 1. The van der Waals surface area contributed by atoms with E-state index in [1.54, 1.807) is 36.5 Å². The van der Waals surface area contributed by atoms with Crippen molar-refractivity contribution in [2.24, 2.45) is 17.8 Å². The van der Waals surface area contributed by atoms with Crippen molar-refractivity contribution in [2.75, 3.05) is 11.5 Å². The van der Waals surface area contributed by atoms with E-state index in [4.69, 9.17) is 0 Å². The number of fused-ring (bicyclic) bond motifs is 2. The Bertz CT molecular complexity index is 1730. The molecule has 0 spiro atoms. The lowest BCUT2D eigenvalue weighted by Gasteiger charge is -2.35. The Kier molecular flexibility index (Phi) is 7.93. The van der Waals surface area contributed by atoms with Crippen molar-refractivity contribution in [3.63, 3.8) is 0 Å². The first-order chi connectivity index (χ1) is 20.9. The molecule has 0 bridgehead atoms. The van der Waals surface area contributed by atoms with Gasteiger partial charge in [0.25, 0.3) is 0 Å². The normalized spacial score (nSPS) is 21.4. The fourth-order valence-corrected chi connectivity index (χ4v) is 6.84. The summed E-state index contributed by atoms with van der Waals surface area (Å²) in [5, 5.41) is 34.2. The van der Waals surface area contributed by atoms with Gasteiger partial charge >= 0.3 is 0 Å². The number of imide groups is 1. The number of benzene rings is 3. The molecule has 2 aliphatic rings. The molecule has 1 aliphatic heterocycles. The van der Waals surface area contributed by atoms with Gasteiger partial charge in [0.1, 0.15) is 5.75 Å². The molecule has 1 aliphatic carbocycles. The molecule has 2 amide bonds. The number of rotatable bonds is 8. The topological polar surface area (TPSA) is 111 Å². The number of nitrogens with zero attached hydrogens (tertiary/aromatic N) is 2. The number of aromatic nitrogens is 1. The van der Waals surface area contributed by atoms with Gasteiger partial charge in [-0.15, -0.1) is 0 Å². The van der Waals surface area contributed by atoms with E-state index in [2.05, 4.69) is 4.98 Å². The molecule has 6 rings (SSSR count). The minimum Gasteiger partial charge on any atom is -0.507 e. The Morgan fingerprint density at radius 1 is 0.953 bits per heavy atom. The van der Waals surface area contributed by atoms with Gasteiger partial charge in [0.15, 0.2) is 0 Å². The van der Waals surface area contributed by atoms with Crippen molar-refractivity contribution < 1.29 is 24.9 Å². The van der Waals surface area contributed by atoms with Crippen LogP contribution in [-0.2, 0) is 9.59 Å². The molecule has 1 aromatic heterocycles. The second kappa shape index (κ2) is 12.0. The van der Waals surface area contributed by atoms with E-state index in [9.17, 15) is 24.9 Å². The predicted molar refractivity (Wildman–Crippen MR) is 167 cm³/mol. The standard InChI is InChI=1S/C36H34N2O5/c1-22-19-28-34(36(43)38(35(28)42)25-9-3-2-4-10-25)29(21-39)33(22)32(41)17-15-24(30-13-7-8-18-37-30)20-23-14-16-31(40)27-12-6-5-11-26(23)27/h2-14,16,18,20,28-29,32,34,39-41H,15,17,19,21H2,1H3/b24-20-/t28-,29+,32-,34-/m1/s1. The van der Waals surface area contributed by atoms with Crippen LogP contribution in [0.1, 0.15) is 37.4 Å². The molecular weight excluding hydrogens is 540 g/mol. The zero-order valence-electron chi connectivity index (χ0n) is 23.9. The van der Waals surface area contributed by atoms with Gasteiger partial charge in [0, 0.05) is 17.5 Å². The number of amides is 2. The summed E-state index contributed by atoms with van der Waals surface area (Å²) in [5.41, 5.74) is 4.62. The van der Waals surface area contributed by atoms with E-state index >= 15 is 0 Å². The molecule has 4 aromatic rings. The summed E-state index contributed by atoms with van der Waals surface area (Å²) in [6.07, 6.45) is 4.02. The van der Waals surface area contributed by atoms with Gasteiger partial charge in [-0.25, -0.2) is 0 Å². The largest absolute Gasteiger partial charge is 0.507 e. The highest BCUT2D eigenvalue weighted by atomic mass is 16.3. The average molecular weight is 575 g/mol. The number of phenols is 1. The number of carbonyl (C=O) groups is 2. The van der Waals surface area contributed by atoms with Gasteiger partial charge < -0.3 is 15.3 Å². The average Bonchev–Trinajstić information content (AvgIpc) is 3.28. The molecule has 7 heteroatoms. The Balaban J connectivity index is 1.29. The van der Waals surface area contributed by atoms with E-state index in [1.807, 2.05) is 67.6 Å². The second-order valence-electron chi connectivity index (χ2n) is 11.4. The van der Waals surface area contributed by atoms with Crippen molar-refractivity contribution in [3.8, 4) is 5.75 Å². The van der Waals surface area contributed by atoms with Gasteiger partial charge in [0.05, 0.1) is 35.9 Å². The summed E-state index contributed by atoms with van der Waals surface area (Å²) in [6.45, 7) is 1.55. The second-order valence-corrected chi connectivity index (χ2v) is 11.4. The van der Waals surface area contributed by atoms with Crippen LogP contribution in [0.3, 0.4) is 0 Å². The lowest BCUT2D eigenvalue weighted by Crippen LogP contribution is -2.38. The van der Waals surface area contributed by atoms with E-state index in [0.717, 1.165) is 33.2 Å². The van der Waals surface area contributed by atoms with Crippen LogP contribution in [-0.4, -0.2) is 44.8 Å². The first-order valence-corrected chi connectivity index (χ1v) is 14.6. The number of carbonyl (C=O) groups excluding carboxylic acids is 2. The maximum Gasteiger partial charge on any atom is 0.238 e. The van der Waals surface area contributed by atoms with E-state index in [-0.39, 0.29) is 24.2 Å². The molecule has 4 atom stereocenters. The van der Waals surface area contributed by atoms with Crippen molar-refractivity contribution >= 4 is 39.9 Å². The molecule has 7 nitrogen and oxygen atoms in total. The van der Waals surface area contributed by atoms with Gasteiger partial charge in [-0.3, -0.25) is 19.5 Å². The molecule has 0 saturated carbocycles. The fraction of sp³-hybridized carbons (Fsp3) is 0.250. The number of allylic oxidation sites excluding steroid dienone is 2. The molecule has 3 N–H and O–H groups in total. The number of para-hydroxylation sites is 1. The maximum atomic E-state index is 13.6. The maximum absolute atomic E-state index is 13.6. The Morgan fingerprint density at radius 2 is 1.67 bits per heavy atom. The number of aliphatic hydroxyl groups is 2. The number of hydrogen-bond acceptors (Lipinski definition) is 6. The molecule has 2 heterocycles. The van der Waals surface area contributed by atoms with Crippen molar-refractivity contribution in [1.82, 2.24) is 4.98 Å². The SMILES string of the molecule is CC1=C([C@H](O)CC/C(=C/c2ccc(O)c3ccccc23)c2ccccn2)[C@H](CO)[C@@H]2C(=O)N(c3ccccc3)C(=O)[C@@H]2C1. The smallest absolute Gasteiger partial charge is 0.238 e. The highest BCUT2D eigenvalue weighted by Gasteiger charge is 2.54. The third-order valence-corrected chi connectivity index (χ3v) is 8.84. The molecule has 0 unspecified atom stereocenters. The van der Waals surface area contributed by atoms with E-state index in [1.165, 1.54) is 4.90 Å². The minimum absolute atomic E-state index is 0.210. The number of hydrogen-bond donors (Lipinski definition) is 3. The summed E-state index contributed by atoms with van der Waals surface area (Å²) in [4.78, 5) is 32.8. The summed E-state index contributed by atoms with van der Waals surface area (Å²) in [6, 6.07) is 25.8. The predicted octanol–water partition coefficient (Wildman–Crippen LogP) is 5.76. The highest BCUT2D eigenvalue weighted by Crippen LogP contribution is 2.47.